The Labute approximate surface area is 133 Å². The molecule has 122 valence electrons. The Morgan fingerprint density at radius 2 is 1.95 bits per heavy atom. The topological polar surface area (TPSA) is 55.6 Å². The lowest BCUT2D eigenvalue weighted by molar-refractivity contribution is 0.0734. The molecule has 2 atom stereocenters. The molecule has 0 bridgehead atoms. The van der Waals surface area contributed by atoms with Gasteiger partial charge in [-0.3, -0.25) is 9.69 Å². The molecule has 0 aromatic heterocycles. The Hall–Kier alpha value is -1.55. The summed E-state index contributed by atoms with van der Waals surface area (Å²) < 4.78 is 5.62. The van der Waals surface area contributed by atoms with Gasteiger partial charge in [-0.05, 0) is 58.7 Å². The zero-order valence-corrected chi connectivity index (χ0v) is 14.1. The van der Waals surface area contributed by atoms with Gasteiger partial charge in [0.2, 0.25) is 0 Å². The molecule has 0 radical (unpaired) electrons. The summed E-state index contributed by atoms with van der Waals surface area (Å²) in [5, 5.41) is 0. The summed E-state index contributed by atoms with van der Waals surface area (Å²) >= 11 is 0. The van der Waals surface area contributed by atoms with Crippen molar-refractivity contribution in [3.8, 4) is 5.75 Å². The fourth-order valence-electron chi connectivity index (χ4n) is 3.13. The smallest absolute Gasteiger partial charge is 0.176 e. The highest BCUT2D eigenvalue weighted by atomic mass is 16.5. The molecule has 1 saturated heterocycles. The van der Waals surface area contributed by atoms with Crippen LogP contribution in [-0.2, 0) is 0 Å². The van der Waals surface area contributed by atoms with E-state index in [1.165, 1.54) is 19.3 Å². The number of anilines is 1. The summed E-state index contributed by atoms with van der Waals surface area (Å²) in [5.41, 5.74) is 7.20. The number of piperidine rings is 1. The van der Waals surface area contributed by atoms with Crippen LogP contribution in [0, 0.1) is 0 Å². The Morgan fingerprint density at radius 3 is 2.50 bits per heavy atom. The number of ketones is 1. The maximum atomic E-state index is 12.6. The highest BCUT2D eigenvalue weighted by Gasteiger charge is 2.26. The van der Waals surface area contributed by atoms with Crippen LogP contribution < -0.4 is 10.5 Å². The number of nitrogen functional groups attached to an aromatic ring is 1. The molecule has 2 N–H and O–H groups in total. The Kier molecular flexibility index (Phi) is 5.46. The van der Waals surface area contributed by atoms with E-state index in [2.05, 4.69) is 18.7 Å². The summed E-state index contributed by atoms with van der Waals surface area (Å²) in [6, 6.07) is 6.28. The number of Topliss-reactive ketones (excluding diaryl/α,β-unsaturated/α-hetero) is 1. The Morgan fingerprint density at radius 1 is 1.32 bits per heavy atom. The van der Waals surface area contributed by atoms with Gasteiger partial charge in [-0.25, -0.2) is 0 Å². The quantitative estimate of drug-likeness (QED) is 0.668. The van der Waals surface area contributed by atoms with Crippen LogP contribution in [0.4, 0.5) is 5.69 Å². The number of nitrogens with zero attached hydrogens (tertiary/aromatic N) is 1. The summed E-state index contributed by atoms with van der Waals surface area (Å²) in [7, 11) is 0. The minimum absolute atomic E-state index is 0.0684. The zero-order valence-electron chi connectivity index (χ0n) is 14.1. The number of hydrogen-bond donors (Lipinski definition) is 1. The maximum absolute atomic E-state index is 12.6. The third kappa shape index (κ3) is 4.01. The second-order valence-corrected chi connectivity index (χ2v) is 6.64. The number of rotatable bonds is 5. The van der Waals surface area contributed by atoms with E-state index in [1.807, 2.05) is 19.9 Å². The normalized spacial score (nSPS) is 22.8. The molecule has 0 amide bonds. The molecule has 0 spiro atoms. The lowest BCUT2D eigenvalue weighted by Crippen LogP contribution is -2.46. The fourth-order valence-corrected chi connectivity index (χ4v) is 3.13. The first-order chi connectivity index (χ1) is 10.4. The second kappa shape index (κ2) is 7.14. The Balaban J connectivity index is 2.07. The van der Waals surface area contributed by atoms with Crippen molar-refractivity contribution in [1.29, 1.82) is 0 Å². The molecule has 1 aliphatic heterocycles. The third-order valence-electron chi connectivity index (χ3n) is 4.40. The first-order valence-corrected chi connectivity index (χ1v) is 8.23. The minimum atomic E-state index is 0.0684. The van der Waals surface area contributed by atoms with E-state index < -0.39 is 0 Å². The van der Waals surface area contributed by atoms with Gasteiger partial charge in [-0.15, -0.1) is 0 Å². The van der Waals surface area contributed by atoms with Crippen LogP contribution in [0.1, 0.15) is 57.3 Å². The van der Waals surface area contributed by atoms with E-state index in [0.717, 1.165) is 0 Å². The van der Waals surface area contributed by atoms with E-state index in [0.29, 0.717) is 35.6 Å². The van der Waals surface area contributed by atoms with E-state index >= 15 is 0 Å². The van der Waals surface area contributed by atoms with Crippen LogP contribution in [0.2, 0.25) is 0 Å². The van der Waals surface area contributed by atoms with Gasteiger partial charge in [-0.1, -0.05) is 6.42 Å². The van der Waals surface area contributed by atoms with Crippen molar-refractivity contribution >= 4 is 11.5 Å². The van der Waals surface area contributed by atoms with Crippen LogP contribution in [-0.4, -0.2) is 35.4 Å². The highest BCUT2D eigenvalue weighted by Crippen LogP contribution is 2.26. The van der Waals surface area contributed by atoms with E-state index in [1.54, 1.807) is 12.1 Å². The van der Waals surface area contributed by atoms with Gasteiger partial charge < -0.3 is 10.5 Å². The first kappa shape index (κ1) is 16.8. The lowest BCUT2D eigenvalue weighted by atomic mass is 9.96. The van der Waals surface area contributed by atoms with Gasteiger partial charge in [0, 0.05) is 17.6 Å². The average Bonchev–Trinajstić information content (AvgIpc) is 2.44. The number of hydrogen-bond acceptors (Lipinski definition) is 4. The molecule has 1 fully saturated rings. The van der Waals surface area contributed by atoms with Crippen molar-refractivity contribution in [1.82, 2.24) is 4.90 Å². The number of nitrogens with two attached hydrogens (primary N) is 1. The molecule has 1 heterocycles. The van der Waals surface area contributed by atoms with Crippen LogP contribution in [0.3, 0.4) is 0 Å². The van der Waals surface area contributed by atoms with E-state index in [4.69, 9.17) is 10.5 Å². The van der Waals surface area contributed by atoms with Crippen LogP contribution in [0.5, 0.6) is 5.75 Å². The number of likely N-dealkylation sites (tertiary alicyclic amines) is 1. The number of benzene rings is 1. The predicted molar refractivity (Wildman–Crippen MR) is 90.4 cm³/mol. The van der Waals surface area contributed by atoms with E-state index in [-0.39, 0.29) is 11.9 Å². The lowest BCUT2D eigenvalue weighted by Gasteiger charge is -2.38. The van der Waals surface area contributed by atoms with Gasteiger partial charge in [-0.2, -0.15) is 0 Å². The summed E-state index contributed by atoms with van der Waals surface area (Å²) in [4.78, 5) is 14.9. The number of carbonyl (C=O) groups is 1. The van der Waals surface area contributed by atoms with Crippen molar-refractivity contribution in [2.45, 2.75) is 65.1 Å². The molecular formula is C18H28N2O2. The Bertz CT molecular complexity index is 518. The molecule has 1 aliphatic rings. The zero-order chi connectivity index (χ0) is 16.3. The molecule has 4 heteroatoms. The van der Waals surface area contributed by atoms with Crippen LogP contribution >= 0.6 is 0 Å². The number of ether oxygens (including phenoxy) is 1. The van der Waals surface area contributed by atoms with Crippen molar-refractivity contribution in [3.63, 3.8) is 0 Å². The standard InChI is InChI=1S/C18H28N2O2/c1-12(2)22-18-9-8-15(10-16(18)19)17(21)11-20-13(3)6-5-7-14(20)4/h8-10,12-14H,5-7,11,19H2,1-4H3. The highest BCUT2D eigenvalue weighted by molar-refractivity contribution is 5.98. The molecule has 1 aromatic rings. The molecule has 4 nitrogen and oxygen atoms in total. The predicted octanol–water partition coefficient (Wildman–Crippen LogP) is 3.50. The monoisotopic (exact) mass is 304 g/mol. The van der Waals surface area contributed by atoms with Gasteiger partial charge in [0.25, 0.3) is 0 Å². The molecule has 2 unspecified atom stereocenters. The first-order valence-electron chi connectivity index (χ1n) is 8.23. The SMILES string of the molecule is CC(C)Oc1ccc(C(=O)CN2C(C)CCCC2C)cc1N. The molecule has 2 rings (SSSR count). The van der Waals surface area contributed by atoms with Crippen LogP contribution in [0.25, 0.3) is 0 Å². The molecule has 0 saturated carbocycles. The average molecular weight is 304 g/mol. The van der Waals surface area contributed by atoms with Crippen molar-refractivity contribution in [2.24, 2.45) is 0 Å². The van der Waals surface area contributed by atoms with Gasteiger partial charge in [0.15, 0.2) is 5.78 Å². The van der Waals surface area contributed by atoms with Gasteiger partial charge in [0.05, 0.1) is 18.3 Å². The summed E-state index contributed by atoms with van der Waals surface area (Å²) in [5.74, 6) is 0.773. The summed E-state index contributed by atoms with van der Waals surface area (Å²) in [6.45, 7) is 8.79. The largest absolute Gasteiger partial charge is 0.489 e. The summed E-state index contributed by atoms with van der Waals surface area (Å²) in [6.07, 6.45) is 3.65. The molecule has 0 aliphatic carbocycles. The van der Waals surface area contributed by atoms with Crippen molar-refractivity contribution in [3.05, 3.63) is 23.8 Å². The molecular weight excluding hydrogens is 276 g/mol. The van der Waals surface area contributed by atoms with Gasteiger partial charge in [0.1, 0.15) is 5.75 Å². The maximum Gasteiger partial charge on any atom is 0.176 e. The number of carbonyl (C=O) groups excluding carboxylic acids is 1. The third-order valence-corrected chi connectivity index (χ3v) is 4.40. The second-order valence-electron chi connectivity index (χ2n) is 6.64. The van der Waals surface area contributed by atoms with Crippen molar-refractivity contribution in [2.75, 3.05) is 12.3 Å². The molecule has 22 heavy (non-hydrogen) atoms. The van der Waals surface area contributed by atoms with Crippen LogP contribution in [0.15, 0.2) is 18.2 Å². The van der Waals surface area contributed by atoms with Gasteiger partial charge >= 0.3 is 0 Å². The van der Waals surface area contributed by atoms with E-state index in [9.17, 15) is 4.79 Å². The fraction of sp³-hybridized carbons (Fsp3) is 0.611. The van der Waals surface area contributed by atoms with Crippen molar-refractivity contribution < 1.29 is 9.53 Å². The minimum Gasteiger partial charge on any atom is -0.489 e. The molecule has 1 aromatic carbocycles.